The molecule has 3 N–H and O–H groups in total. The van der Waals surface area contributed by atoms with Gasteiger partial charge in [0.05, 0.1) is 0 Å². The third-order valence-electron chi connectivity index (χ3n) is 3.94. The molecule has 0 unspecified atom stereocenters. The van der Waals surface area contributed by atoms with E-state index in [2.05, 4.69) is 0 Å². The molecule has 0 bridgehead atoms. The fourth-order valence-electron chi connectivity index (χ4n) is 2.48. The monoisotopic (exact) mass is 314 g/mol. The Morgan fingerprint density at radius 3 is 2.14 bits per heavy atom. The zero-order chi connectivity index (χ0) is 17.1. The predicted molar refractivity (Wildman–Crippen MR) is 71.7 cm³/mol. The van der Waals surface area contributed by atoms with E-state index in [0.717, 1.165) is 0 Å². The zero-order valence-electron chi connectivity index (χ0n) is 12.3. The van der Waals surface area contributed by atoms with Crippen molar-refractivity contribution in [3.63, 3.8) is 0 Å². The second-order valence-electron chi connectivity index (χ2n) is 5.01. The molecule has 9 nitrogen and oxygen atoms in total. The summed E-state index contributed by atoms with van der Waals surface area (Å²) in [4.78, 5) is 58.8. The average Bonchev–Trinajstić information content (AvgIpc) is 2.43. The molecule has 1 saturated heterocycles. The molecule has 4 amide bonds. The van der Waals surface area contributed by atoms with Crippen LogP contribution >= 0.6 is 0 Å². The Bertz CT molecular complexity index is 524. The molecular formula is C13H18N2O7. The van der Waals surface area contributed by atoms with Crippen LogP contribution < -0.4 is 5.32 Å². The molecule has 0 radical (unpaired) electrons. The second-order valence-corrected chi connectivity index (χ2v) is 5.01. The molecule has 0 aromatic rings. The van der Waals surface area contributed by atoms with Gasteiger partial charge in [-0.05, 0) is 19.3 Å². The maximum absolute atomic E-state index is 12.6. The molecule has 1 fully saturated rings. The average molecular weight is 314 g/mol. The minimum absolute atomic E-state index is 0.100. The molecule has 0 aromatic carbocycles. The highest BCUT2D eigenvalue weighted by Crippen LogP contribution is 2.33. The number of nitrogens with one attached hydrogen (secondary N) is 1. The number of carbonyl (C=O) groups is 5. The summed E-state index contributed by atoms with van der Waals surface area (Å²) < 4.78 is 0. The lowest BCUT2D eigenvalue weighted by Gasteiger charge is -2.40. The first kappa shape index (κ1) is 17.6. The minimum atomic E-state index is -1.63. The van der Waals surface area contributed by atoms with Gasteiger partial charge in [0, 0.05) is 6.42 Å². The summed E-state index contributed by atoms with van der Waals surface area (Å²) in [5.74, 6) is -4.40. The first-order valence-corrected chi connectivity index (χ1v) is 6.85. The third-order valence-corrected chi connectivity index (χ3v) is 3.94. The Hall–Kier alpha value is -2.45. The van der Waals surface area contributed by atoms with E-state index >= 15 is 0 Å². The molecule has 9 heteroatoms. The van der Waals surface area contributed by atoms with Gasteiger partial charge in [0.2, 0.25) is 11.8 Å². The molecular weight excluding hydrogens is 296 g/mol. The summed E-state index contributed by atoms with van der Waals surface area (Å²) in [6.45, 7) is 3.17. The lowest BCUT2D eigenvalue weighted by atomic mass is 9.78. The molecule has 22 heavy (non-hydrogen) atoms. The van der Waals surface area contributed by atoms with Crippen molar-refractivity contribution >= 4 is 29.8 Å². The van der Waals surface area contributed by atoms with Crippen LogP contribution in [0.1, 0.15) is 39.5 Å². The van der Waals surface area contributed by atoms with Crippen LogP contribution in [0, 0.1) is 5.41 Å². The van der Waals surface area contributed by atoms with Crippen LogP contribution in [0.4, 0.5) is 4.79 Å². The van der Waals surface area contributed by atoms with Crippen LogP contribution in [-0.4, -0.2) is 50.9 Å². The van der Waals surface area contributed by atoms with E-state index in [0.29, 0.717) is 4.90 Å². The topological polar surface area (TPSA) is 141 Å². The summed E-state index contributed by atoms with van der Waals surface area (Å²) in [5, 5.41) is 19.9. The number of amides is 4. The Balaban J connectivity index is 3.20. The largest absolute Gasteiger partial charge is 0.481 e. The Morgan fingerprint density at radius 1 is 1.18 bits per heavy atom. The Kier molecular flexibility index (Phi) is 5.23. The van der Waals surface area contributed by atoms with E-state index < -0.39 is 54.1 Å². The van der Waals surface area contributed by atoms with Gasteiger partial charge in [-0.15, -0.1) is 0 Å². The highest BCUT2D eigenvalue weighted by atomic mass is 16.4. The number of hydrogen-bond donors (Lipinski definition) is 3. The van der Waals surface area contributed by atoms with Crippen molar-refractivity contribution in [2.75, 3.05) is 0 Å². The molecule has 1 atom stereocenters. The van der Waals surface area contributed by atoms with E-state index in [1.54, 1.807) is 13.8 Å². The fourth-order valence-corrected chi connectivity index (χ4v) is 2.48. The predicted octanol–water partition coefficient (Wildman–Crippen LogP) is 0.189. The van der Waals surface area contributed by atoms with Crippen molar-refractivity contribution in [3.05, 3.63) is 0 Å². The quantitative estimate of drug-likeness (QED) is 0.569. The molecule has 1 aliphatic heterocycles. The van der Waals surface area contributed by atoms with Crippen LogP contribution in [0.15, 0.2) is 0 Å². The van der Waals surface area contributed by atoms with Gasteiger partial charge in [-0.2, -0.15) is 0 Å². The molecule has 0 saturated carbocycles. The highest BCUT2D eigenvalue weighted by molar-refractivity contribution is 6.20. The summed E-state index contributed by atoms with van der Waals surface area (Å²) in [6, 6.07) is -2.76. The van der Waals surface area contributed by atoms with Gasteiger partial charge in [0.1, 0.15) is 11.5 Å². The highest BCUT2D eigenvalue weighted by Gasteiger charge is 2.54. The van der Waals surface area contributed by atoms with E-state index in [1.165, 1.54) is 0 Å². The van der Waals surface area contributed by atoms with Crippen molar-refractivity contribution in [1.29, 1.82) is 0 Å². The summed E-state index contributed by atoms with van der Waals surface area (Å²) in [7, 11) is 0. The van der Waals surface area contributed by atoms with Crippen LogP contribution in [-0.2, 0) is 19.2 Å². The lowest BCUT2D eigenvalue weighted by molar-refractivity contribution is -0.160. The number of urea groups is 1. The molecule has 0 aliphatic carbocycles. The number of carbonyl (C=O) groups excluding carboxylic acids is 3. The first-order valence-electron chi connectivity index (χ1n) is 6.85. The Morgan fingerprint density at radius 2 is 1.73 bits per heavy atom. The lowest BCUT2D eigenvalue weighted by Crippen LogP contribution is -2.67. The first-order chi connectivity index (χ1) is 10.2. The molecule has 0 aromatic heterocycles. The second kappa shape index (κ2) is 6.54. The number of carboxylic acids is 2. The number of aliphatic carboxylic acids is 2. The SMILES string of the molecule is CCC1(CC)C(=O)NC(=O)N([C@@H](CCC(=O)O)C(=O)O)C1=O. The maximum atomic E-state index is 12.6. The van der Waals surface area contributed by atoms with Gasteiger partial charge >= 0.3 is 18.0 Å². The summed E-state index contributed by atoms with van der Waals surface area (Å²) in [6.07, 6.45) is -0.749. The van der Waals surface area contributed by atoms with Gasteiger partial charge in [-0.25, -0.2) is 14.5 Å². The number of barbiturate groups is 1. The van der Waals surface area contributed by atoms with Crippen molar-refractivity contribution in [1.82, 2.24) is 10.2 Å². The molecule has 122 valence electrons. The van der Waals surface area contributed by atoms with E-state index in [4.69, 9.17) is 5.11 Å². The normalized spacial score (nSPS) is 18.8. The smallest absolute Gasteiger partial charge is 0.331 e. The van der Waals surface area contributed by atoms with E-state index in [1.807, 2.05) is 5.32 Å². The minimum Gasteiger partial charge on any atom is -0.481 e. The maximum Gasteiger partial charge on any atom is 0.331 e. The van der Waals surface area contributed by atoms with Crippen molar-refractivity contribution in [2.45, 2.75) is 45.6 Å². The zero-order valence-corrected chi connectivity index (χ0v) is 12.3. The molecule has 1 aliphatic rings. The van der Waals surface area contributed by atoms with Crippen molar-refractivity contribution < 1.29 is 34.2 Å². The van der Waals surface area contributed by atoms with Crippen molar-refractivity contribution in [3.8, 4) is 0 Å². The van der Waals surface area contributed by atoms with Crippen LogP contribution in [0.2, 0.25) is 0 Å². The number of carboxylic acid groups (broad SMARTS) is 2. The van der Waals surface area contributed by atoms with Gasteiger partial charge < -0.3 is 10.2 Å². The summed E-state index contributed by atoms with van der Waals surface area (Å²) in [5.41, 5.74) is -1.51. The number of hydrogen-bond acceptors (Lipinski definition) is 5. The van der Waals surface area contributed by atoms with E-state index in [9.17, 15) is 29.1 Å². The molecule has 1 rings (SSSR count). The van der Waals surface area contributed by atoms with Gasteiger partial charge in [0.25, 0.3) is 0 Å². The number of rotatable bonds is 7. The van der Waals surface area contributed by atoms with Gasteiger partial charge in [0.15, 0.2) is 0 Å². The van der Waals surface area contributed by atoms with Gasteiger partial charge in [-0.1, -0.05) is 13.8 Å². The van der Waals surface area contributed by atoms with Crippen LogP contribution in [0.25, 0.3) is 0 Å². The van der Waals surface area contributed by atoms with Gasteiger partial charge in [-0.3, -0.25) is 19.7 Å². The number of nitrogens with zero attached hydrogens (tertiary/aromatic N) is 1. The third kappa shape index (κ3) is 2.92. The number of imide groups is 2. The fraction of sp³-hybridized carbons (Fsp3) is 0.615. The summed E-state index contributed by atoms with van der Waals surface area (Å²) >= 11 is 0. The Labute approximate surface area is 126 Å². The molecule has 1 heterocycles. The van der Waals surface area contributed by atoms with E-state index in [-0.39, 0.29) is 12.8 Å². The van der Waals surface area contributed by atoms with Crippen LogP contribution in [0.5, 0.6) is 0 Å². The standard InChI is InChI=1S/C13H18N2O7/c1-3-13(4-2)10(20)14-12(22)15(11(13)21)7(9(18)19)5-6-8(16)17/h7H,3-6H2,1-2H3,(H,16,17)(H,18,19)(H,14,20,22)/t7-/m0/s1. The van der Waals surface area contributed by atoms with Crippen LogP contribution in [0.3, 0.4) is 0 Å². The molecule has 0 spiro atoms. The van der Waals surface area contributed by atoms with Crippen molar-refractivity contribution in [2.24, 2.45) is 5.41 Å².